The van der Waals surface area contributed by atoms with Gasteiger partial charge in [0.1, 0.15) is 5.01 Å². The Labute approximate surface area is 105 Å². The average Bonchev–Trinajstić information content (AvgIpc) is 2.76. The number of thiazole rings is 1. The molecule has 2 rings (SSSR count). The molecule has 0 bridgehead atoms. The molecule has 0 atom stereocenters. The highest BCUT2D eigenvalue weighted by Crippen LogP contribution is 2.28. The molecule has 0 aliphatic carbocycles. The molecule has 1 saturated heterocycles. The van der Waals surface area contributed by atoms with E-state index in [-0.39, 0.29) is 0 Å². The second kappa shape index (κ2) is 5.42. The molecule has 1 aliphatic rings. The lowest BCUT2D eigenvalue weighted by molar-refractivity contribution is -0.131. The summed E-state index contributed by atoms with van der Waals surface area (Å²) in [6.07, 6.45) is 4.98. The lowest BCUT2D eigenvalue weighted by Gasteiger charge is -2.27. The van der Waals surface area contributed by atoms with E-state index in [4.69, 9.17) is 5.11 Å². The molecule has 1 fully saturated rings. The molecule has 2 heterocycles. The Morgan fingerprint density at radius 1 is 1.59 bits per heavy atom. The number of carboxylic acids is 1. The highest BCUT2D eigenvalue weighted by Gasteiger charge is 2.20. The molecule has 1 aromatic rings. The van der Waals surface area contributed by atoms with Gasteiger partial charge in [0.2, 0.25) is 0 Å². The quantitative estimate of drug-likeness (QED) is 0.837. The number of hydrogen-bond donors (Lipinski definition) is 1. The van der Waals surface area contributed by atoms with Gasteiger partial charge in [0.15, 0.2) is 0 Å². The number of rotatable bonds is 3. The first-order chi connectivity index (χ1) is 8.15. The molecule has 4 nitrogen and oxygen atoms in total. The first-order valence-corrected chi connectivity index (χ1v) is 6.58. The first-order valence-electron chi connectivity index (χ1n) is 5.70. The van der Waals surface area contributed by atoms with E-state index in [2.05, 4.69) is 22.3 Å². The molecule has 1 N–H and O–H groups in total. The smallest absolute Gasteiger partial charge is 0.328 e. The molecule has 0 radical (unpaired) electrons. The monoisotopic (exact) mass is 252 g/mol. The average molecular weight is 252 g/mol. The van der Waals surface area contributed by atoms with Crippen LogP contribution in [0.1, 0.15) is 29.5 Å². The van der Waals surface area contributed by atoms with E-state index in [1.807, 2.05) is 0 Å². The van der Waals surface area contributed by atoms with Crippen molar-refractivity contribution < 1.29 is 9.90 Å². The topological polar surface area (TPSA) is 53.4 Å². The van der Waals surface area contributed by atoms with Gasteiger partial charge in [0.05, 0.1) is 5.69 Å². The zero-order valence-corrected chi connectivity index (χ0v) is 10.6. The summed E-state index contributed by atoms with van der Waals surface area (Å²) < 4.78 is 0. The molecule has 0 amide bonds. The van der Waals surface area contributed by atoms with E-state index in [9.17, 15) is 4.79 Å². The second-order valence-electron chi connectivity index (χ2n) is 4.36. The normalized spacial score (nSPS) is 18.9. The molecular formula is C12H16N2O2S. The highest BCUT2D eigenvalue weighted by molar-refractivity contribution is 7.10. The summed E-state index contributed by atoms with van der Waals surface area (Å²) in [5.74, 6) is -0.393. The molecule has 0 spiro atoms. The minimum absolute atomic E-state index is 0.537. The number of carbonyl (C=O) groups is 1. The largest absolute Gasteiger partial charge is 0.478 e. The standard InChI is InChI=1S/C12H16N2O2S/c1-14-6-4-9(5-7-14)10-8-17-11(13-10)2-3-12(15)16/h2-3,8-9H,4-7H2,1H3,(H,15,16)/b3-2+. The maximum absolute atomic E-state index is 10.4. The van der Waals surface area contributed by atoms with Crippen molar-refractivity contribution in [3.63, 3.8) is 0 Å². The molecule has 92 valence electrons. The maximum Gasteiger partial charge on any atom is 0.328 e. The Morgan fingerprint density at radius 2 is 2.29 bits per heavy atom. The predicted molar refractivity (Wildman–Crippen MR) is 68.3 cm³/mol. The van der Waals surface area contributed by atoms with Crippen molar-refractivity contribution in [1.82, 2.24) is 9.88 Å². The van der Waals surface area contributed by atoms with Gasteiger partial charge in [-0.25, -0.2) is 9.78 Å². The van der Waals surface area contributed by atoms with E-state index >= 15 is 0 Å². The Hall–Kier alpha value is -1.20. The molecule has 17 heavy (non-hydrogen) atoms. The Bertz CT molecular complexity index is 420. The Morgan fingerprint density at radius 3 is 2.94 bits per heavy atom. The molecule has 5 heteroatoms. The Balaban J connectivity index is 2.00. The van der Waals surface area contributed by atoms with Crippen LogP contribution in [-0.2, 0) is 4.79 Å². The van der Waals surface area contributed by atoms with Crippen molar-refractivity contribution in [3.05, 3.63) is 22.2 Å². The van der Waals surface area contributed by atoms with Gasteiger partial charge in [-0.05, 0) is 39.1 Å². The van der Waals surface area contributed by atoms with Crippen molar-refractivity contribution in [2.75, 3.05) is 20.1 Å². The SMILES string of the molecule is CN1CCC(c2csc(/C=C/C(=O)O)n2)CC1. The summed E-state index contributed by atoms with van der Waals surface area (Å²) in [6, 6.07) is 0. The fraction of sp³-hybridized carbons (Fsp3) is 0.500. The maximum atomic E-state index is 10.4. The van der Waals surface area contributed by atoms with Crippen molar-refractivity contribution in [1.29, 1.82) is 0 Å². The van der Waals surface area contributed by atoms with Crippen LogP contribution >= 0.6 is 11.3 Å². The number of hydrogen-bond acceptors (Lipinski definition) is 4. The van der Waals surface area contributed by atoms with Gasteiger partial charge in [-0.1, -0.05) is 0 Å². The van der Waals surface area contributed by atoms with E-state index in [1.165, 1.54) is 11.3 Å². The number of carboxylic acid groups (broad SMARTS) is 1. The van der Waals surface area contributed by atoms with Crippen LogP contribution in [-0.4, -0.2) is 41.1 Å². The minimum Gasteiger partial charge on any atom is -0.478 e. The van der Waals surface area contributed by atoms with E-state index in [0.29, 0.717) is 5.92 Å². The predicted octanol–water partition coefficient (Wildman–Crippen LogP) is 2.05. The lowest BCUT2D eigenvalue weighted by atomic mass is 9.95. The summed E-state index contributed by atoms with van der Waals surface area (Å²) >= 11 is 1.51. The third-order valence-electron chi connectivity index (χ3n) is 3.05. The van der Waals surface area contributed by atoms with Gasteiger partial charge >= 0.3 is 5.97 Å². The third-order valence-corrected chi connectivity index (χ3v) is 3.87. The third kappa shape index (κ3) is 3.38. The fourth-order valence-electron chi connectivity index (χ4n) is 2.01. The van der Waals surface area contributed by atoms with Gasteiger partial charge in [-0.15, -0.1) is 11.3 Å². The number of piperidine rings is 1. The van der Waals surface area contributed by atoms with Crippen molar-refractivity contribution in [2.45, 2.75) is 18.8 Å². The second-order valence-corrected chi connectivity index (χ2v) is 5.25. The summed E-state index contributed by atoms with van der Waals surface area (Å²) in [4.78, 5) is 17.2. The molecule has 0 saturated carbocycles. The number of aromatic nitrogens is 1. The number of aliphatic carboxylic acids is 1. The fourth-order valence-corrected chi connectivity index (χ4v) is 2.80. The lowest BCUT2D eigenvalue weighted by Crippen LogP contribution is -2.29. The van der Waals surface area contributed by atoms with Crippen LogP contribution in [0.3, 0.4) is 0 Å². The molecule has 1 aliphatic heterocycles. The summed E-state index contributed by atoms with van der Waals surface area (Å²) in [5.41, 5.74) is 1.12. The van der Waals surface area contributed by atoms with E-state index in [0.717, 1.165) is 42.7 Å². The van der Waals surface area contributed by atoms with Gasteiger partial charge in [0, 0.05) is 17.4 Å². The van der Waals surface area contributed by atoms with E-state index < -0.39 is 5.97 Å². The van der Waals surface area contributed by atoms with Crippen LogP contribution < -0.4 is 0 Å². The van der Waals surface area contributed by atoms with Crippen molar-refractivity contribution in [2.24, 2.45) is 0 Å². The number of likely N-dealkylation sites (tertiary alicyclic amines) is 1. The van der Waals surface area contributed by atoms with Gasteiger partial charge < -0.3 is 10.0 Å². The highest BCUT2D eigenvalue weighted by atomic mass is 32.1. The van der Waals surface area contributed by atoms with Gasteiger partial charge in [-0.3, -0.25) is 0 Å². The molecule has 0 unspecified atom stereocenters. The van der Waals surface area contributed by atoms with Crippen LogP contribution in [0.25, 0.3) is 6.08 Å². The molecular weight excluding hydrogens is 236 g/mol. The summed E-state index contributed by atoms with van der Waals surface area (Å²) in [5, 5.41) is 11.4. The number of nitrogens with zero attached hydrogens (tertiary/aromatic N) is 2. The summed E-state index contributed by atoms with van der Waals surface area (Å²) in [7, 11) is 2.14. The van der Waals surface area contributed by atoms with Crippen molar-refractivity contribution in [3.8, 4) is 0 Å². The minimum atomic E-state index is -0.930. The van der Waals surface area contributed by atoms with Crippen LogP contribution in [0, 0.1) is 0 Å². The molecule has 1 aromatic heterocycles. The molecule has 0 aromatic carbocycles. The van der Waals surface area contributed by atoms with Gasteiger partial charge in [0.25, 0.3) is 0 Å². The van der Waals surface area contributed by atoms with Gasteiger partial charge in [-0.2, -0.15) is 0 Å². The van der Waals surface area contributed by atoms with Crippen LogP contribution in [0.4, 0.5) is 0 Å². The van der Waals surface area contributed by atoms with Crippen LogP contribution in [0.2, 0.25) is 0 Å². The van der Waals surface area contributed by atoms with Crippen molar-refractivity contribution >= 4 is 23.4 Å². The van der Waals surface area contributed by atoms with E-state index in [1.54, 1.807) is 6.08 Å². The first kappa shape index (κ1) is 12.3. The zero-order chi connectivity index (χ0) is 12.3. The summed E-state index contributed by atoms with van der Waals surface area (Å²) in [6.45, 7) is 2.23. The van der Waals surface area contributed by atoms with Crippen LogP contribution in [0.15, 0.2) is 11.5 Å². The van der Waals surface area contributed by atoms with Crippen LogP contribution in [0.5, 0.6) is 0 Å². The zero-order valence-electron chi connectivity index (χ0n) is 9.80. The Kier molecular flexibility index (Phi) is 3.91.